The summed E-state index contributed by atoms with van der Waals surface area (Å²) in [6.45, 7) is 11.5. The van der Waals surface area contributed by atoms with Crippen LogP contribution in [0.25, 0.3) is 0 Å². The van der Waals surface area contributed by atoms with E-state index in [0.29, 0.717) is 11.3 Å². The first-order valence-electron chi connectivity index (χ1n) is 4.98. The van der Waals surface area contributed by atoms with Crippen LogP contribution in [0.15, 0.2) is 37.4 Å². The number of nitrogen functional groups attached to an aromatic ring is 1. The van der Waals surface area contributed by atoms with Gasteiger partial charge in [-0.1, -0.05) is 12.1 Å². The van der Waals surface area contributed by atoms with Gasteiger partial charge < -0.3 is 10.5 Å². The Bertz CT molecular complexity index is 353. The number of hydrogen-bond acceptors (Lipinski definition) is 3. The van der Waals surface area contributed by atoms with Gasteiger partial charge in [-0.3, -0.25) is 0 Å². The van der Waals surface area contributed by atoms with Crippen LogP contribution in [0.1, 0.15) is 31.1 Å². The Labute approximate surface area is 96.9 Å². The Kier molecular flexibility index (Phi) is 5.30. The number of rotatable bonds is 1. The van der Waals surface area contributed by atoms with Crippen molar-refractivity contribution in [3.63, 3.8) is 0 Å². The van der Waals surface area contributed by atoms with Crippen molar-refractivity contribution in [1.29, 1.82) is 0 Å². The average Bonchev–Trinajstić information content (AvgIpc) is 2.18. The number of para-hydroxylation sites is 1. The van der Waals surface area contributed by atoms with Gasteiger partial charge in [0, 0.05) is 5.69 Å². The minimum absolute atomic E-state index is 0.379. The molecule has 1 aromatic rings. The third-order valence-electron chi connectivity index (χ3n) is 1.58. The van der Waals surface area contributed by atoms with E-state index in [4.69, 9.17) is 10.5 Å². The average molecular weight is 221 g/mol. The van der Waals surface area contributed by atoms with Gasteiger partial charge >= 0.3 is 5.97 Å². The first kappa shape index (κ1) is 14.2. The van der Waals surface area contributed by atoms with Gasteiger partial charge in [0.1, 0.15) is 5.60 Å². The molecule has 0 amide bonds. The first-order valence-corrected chi connectivity index (χ1v) is 4.98. The molecule has 0 aliphatic carbocycles. The lowest BCUT2D eigenvalue weighted by atomic mass is 10.1. The predicted octanol–water partition coefficient (Wildman–Crippen LogP) is 3.03. The van der Waals surface area contributed by atoms with E-state index in [1.54, 1.807) is 24.3 Å². The number of ether oxygens (including phenoxy) is 1. The highest BCUT2D eigenvalue weighted by molar-refractivity contribution is 5.95. The number of hydrogen-bond donors (Lipinski definition) is 1. The number of benzene rings is 1. The standard InChI is InChI=1S/C11H15NO2.C2H4/c1-11(2,3)14-10(13)8-6-4-5-7-9(8)12;1-2/h4-7H,12H2,1-3H3;1-2H2. The number of carbonyl (C=O) groups is 1. The fraction of sp³-hybridized carbons (Fsp3) is 0.308. The molecule has 0 heterocycles. The molecule has 0 fully saturated rings. The van der Waals surface area contributed by atoms with Crippen molar-refractivity contribution in [1.82, 2.24) is 0 Å². The molecule has 0 radical (unpaired) electrons. The smallest absolute Gasteiger partial charge is 0.340 e. The zero-order valence-electron chi connectivity index (χ0n) is 10.1. The fourth-order valence-electron chi connectivity index (χ4n) is 1.02. The molecule has 2 N–H and O–H groups in total. The number of nitrogens with two attached hydrogens (primary N) is 1. The van der Waals surface area contributed by atoms with Crippen molar-refractivity contribution in [2.75, 3.05) is 5.73 Å². The molecule has 16 heavy (non-hydrogen) atoms. The lowest BCUT2D eigenvalue weighted by molar-refractivity contribution is 0.00708. The van der Waals surface area contributed by atoms with Gasteiger partial charge in [-0.05, 0) is 32.9 Å². The highest BCUT2D eigenvalue weighted by Gasteiger charge is 2.18. The van der Waals surface area contributed by atoms with Crippen molar-refractivity contribution >= 4 is 11.7 Å². The Morgan fingerprint density at radius 3 is 2.19 bits per heavy atom. The largest absolute Gasteiger partial charge is 0.456 e. The van der Waals surface area contributed by atoms with Crippen molar-refractivity contribution in [3.05, 3.63) is 43.0 Å². The molecule has 0 unspecified atom stereocenters. The quantitative estimate of drug-likeness (QED) is 0.450. The number of anilines is 1. The molecule has 3 heteroatoms. The fourth-order valence-corrected chi connectivity index (χ4v) is 1.02. The summed E-state index contributed by atoms with van der Waals surface area (Å²) in [4.78, 5) is 11.6. The van der Waals surface area contributed by atoms with E-state index in [0.717, 1.165) is 0 Å². The van der Waals surface area contributed by atoms with Crippen LogP contribution in [0.5, 0.6) is 0 Å². The molecule has 0 saturated heterocycles. The molecule has 0 aromatic heterocycles. The predicted molar refractivity (Wildman–Crippen MR) is 67.3 cm³/mol. The van der Waals surface area contributed by atoms with Crippen molar-refractivity contribution in [3.8, 4) is 0 Å². The molecule has 3 nitrogen and oxygen atoms in total. The van der Waals surface area contributed by atoms with Gasteiger partial charge in [0.25, 0.3) is 0 Å². The van der Waals surface area contributed by atoms with Crippen molar-refractivity contribution in [2.24, 2.45) is 0 Å². The summed E-state index contributed by atoms with van der Waals surface area (Å²) in [5, 5.41) is 0. The Morgan fingerprint density at radius 1 is 1.25 bits per heavy atom. The van der Waals surface area contributed by atoms with Gasteiger partial charge in [-0.2, -0.15) is 0 Å². The van der Waals surface area contributed by atoms with Gasteiger partial charge in [0.2, 0.25) is 0 Å². The first-order chi connectivity index (χ1) is 7.40. The van der Waals surface area contributed by atoms with Crippen LogP contribution >= 0.6 is 0 Å². The summed E-state index contributed by atoms with van der Waals surface area (Å²) in [6.07, 6.45) is 0. The van der Waals surface area contributed by atoms with Crippen molar-refractivity contribution in [2.45, 2.75) is 26.4 Å². The summed E-state index contributed by atoms with van der Waals surface area (Å²) in [5.74, 6) is -0.379. The second-order valence-electron chi connectivity index (χ2n) is 4.09. The van der Waals surface area contributed by atoms with Crippen LogP contribution in [0, 0.1) is 0 Å². The second-order valence-corrected chi connectivity index (χ2v) is 4.09. The van der Waals surface area contributed by atoms with E-state index in [1.807, 2.05) is 20.8 Å². The maximum Gasteiger partial charge on any atom is 0.340 e. The third-order valence-corrected chi connectivity index (χ3v) is 1.58. The molecule has 0 aliphatic rings. The van der Waals surface area contributed by atoms with Gasteiger partial charge in [0.05, 0.1) is 5.56 Å². The summed E-state index contributed by atoms with van der Waals surface area (Å²) in [5.41, 5.74) is 6.02. The number of esters is 1. The summed E-state index contributed by atoms with van der Waals surface area (Å²) in [7, 11) is 0. The van der Waals surface area contributed by atoms with Crippen LogP contribution < -0.4 is 5.73 Å². The minimum Gasteiger partial charge on any atom is -0.456 e. The summed E-state index contributed by atoms with van der Waals surface area (Å²) in [6, 6.07) is 6.88. The molecule has 1 aromatic carbocycles. The molecule has 0 atom stereocenters. The maximum atomic E-state index is 11.6. The maximum absolute atomic E-state index is 11.6. The Hall–Kier alpha value is -1.77. The molecule has 0 saturated carbocycles. The van der Waals surface area contributed by atoms with Crippen LogP contribution in [0.4, 0.5) is 5.69 Å². The SMILES string of the molecule is C=C.CC(C)(C)OC(=O)c1ccccc1N. The molecule has 88 valence electrons. The topological polar surface area (TPSA) is 52.3 Å². The lowest BCUT2D eigenvalue weighted by Gasteiger charge is -2.19. The highest BCUT2D eigenvalue weighted by atomic mass is 16.6. The monoisotopic (exact) mass is 221 g/mol. The van der Waals surface area contributed by atoms with Gasteiger partial charge in [0.15, 0.2) is 0 Å². The van der Waals surface area contributed by atoms with Crippen LogP contribution in [-0.4, -0.2) is 11.6 Å². The Morgan fingerprint density at radius 2 is 1.75 bits per heavy atom. The molecule has 0 bridgehead atoms. The zero-order chi connectivity index (χ0) is 12.8. The summed E-state index contributed by atoms with van der Waals surface area (Å²) >= 11 is 0. The highest BCUT2D eigenvalue weighted by Crippen LogP contribution is 2.16. The van der Waals surface area contributed by atoms with Crippen LogP contribution in [0.2, 0.25) is 0 Å². The third kappa shape index (κ3) is 4.64. The Balaban J connectivity index is 0.00000106. The van der Waals surface area contributed by atoms with Crippen LogP contribution in [0.3, 0.4) is 0 Å². The molecular formula is C13H19NO2. The van der Waals surface area contributed by atoms with Crippen LogP contribution in [-0.2, 0) is 4.74 Å². The molecule has 0 aliphatic heterocycles. The van der Waals surface area contributed by atoms with Gasteiger partial charge in [-0.15, -0.1) is 13.2 Å². The molecular weight excluding hydrogens is 202 g/mol. The van der Waals surface area contributed by atoms with Gasteiger partial charge in [-0.25, -0.2) is 4.79 Å². The lowest BCUT2D eigenvalue weighted by Crippen LogP contribution is -2.24. The van der Waals surface area contributed by atoms with Crippen molar-refractivity contribution < 1.29 is 9.53 Å². The normalized spacial score (nSPS) is 9.94. The number of carbonyl (C=O) groups excluding carboxylic acids is 1. The van der Waals surface area contributed by atoms with E-state index < -0.39 is 5.60 Å². The van der Waals surface area contributed by atoms with E-state index in [1.165, 1.54) is 0 Å². The molecule has 1 rings (SSSR count). The minimum atomic E-state index is -0.487. The van der Waals surface area contributed by atoms with E-state index in [9.17, 15) is 4.79 Å². The van der Waals surface area contributed by atoms with E-state index >= 15 is 0 Å². The van der Waals surface area contributed by atoms with E-state index in [-0.39, 0.29) is 5.97 Å². The zero-order valence-corrected chi connectivity index (χ0v) is 10.1. The second kappa shape index (κ2) is 5.95. The summed E-state index contributed by atoms with van der Waals surface area (Å²) < 4.78 is 5.19. The molecule has 0 spiro atoms. The van der Waals surface area contributed by atoms with E-state index in [2.05, 4.69) is 13.2 Å².